The molecule has 3 heteroatoms. The largest absolute Gasteiger partial charge is 0.354 e. The van der Waals surface area contributed by atoms with Crippen LogP contribution in [0, 0.1) is 11.8 Å². The Labute approximate surface area is 119 Å². The summed E-state index contributed by atoms with van der Waals surface area (Å²) in [6, 6.07) is 0.293. The van der Waals surface area contributed by atoms with Crippen molar-refractivity contribution in [3.8, 4) is 0 Å². The van der Waals surface area contributed by atoms with Crippen molar-refractivity contribution >= 4 is 5.91 Å². The third kappa shape index (κ3) is 9.94. The average Bonchev–Trinajstić information content (AvgIpc) is 2.36. The van der Waals surface area contributed by atoms with E-state index < -0.39 is 0 Å². The van der Waals surface area contributed by atoms with Gasteiger partial charge in [-0.1, -0.05) is 40.0 Å². The van der Waals surface area contributed by atoms with Crippen molar-refractivity contribution in [3.63, 3.8) is 0 Å². The van der Waals surface area contributed by atoms with E-state index in [9.17, 15) is 4.79 Å². The van der Waals surface area contributed by atoms with Gasteiger partial charge in [0.25, 0.3) is 0 Å². The van der Waals surface area contributed by atoms with Crippen molar-refractivity contribution in [1.82, 2.24) is 5.32 Å². The lowest BCUT2D eigenvalue weighted by atomic mass is 9.94. The molecule has 3 atom stereocenters. The van der Waals surface area contributed by atoms with Crippen molar-refractivity contribution in [2.24, 2.45) is 17.6 Å². The molecule has 0 saturated heterocycles. The number of nitrogens with two attached hydrogens (primary N) is 1. The van der Waals surface area contributed by atoms with Gasteiger partial charge >= 0.3 is 0 Å². The molecular formula is C16H34N2O. The van der Waals surface area contributed by atoms with Crippen molar-refractivity contribution in [3.05, 3.63) is 0 Å². The van der Waals surface area contributed by atoms with Gasteiger partial charge in [-0.15, -0.1) is 0 Å². The van der Waals surface area contributed by atoms with Crippen LogP contribution in [0.1, 0.15) is 72.6 Å². The first kappa shape index (κ1) is 18.4. The monoisotopic (exact) mass is 270 g/mol. The summed E-state index contributed by atoms with van der Waals surface area (Å²) < 4.78 is 0. The number of carbonyl (C=O) groups excluding carboxylic acids is 1. The van der Waals surface area contributed by atoms with Gasteiger partial charge in [0, 0.05) is 12.5 Å². The van der Waals surface area contributed by atoms with Crippen LogP contribution in [0.3, 0.4) is 0 Å². The smallest absolute Gasteiger partial charge is 0.220 e. The van der Waals surface area contributed by atoms with Crippen LogP contribution in [0.25, 0.3) is 0 Å². The van der Waals surface area contributed by atoms with Crippen molar-refractivity contribution in [2.75, 3.05) is 6.54 Å². The standard InChI is InChI=1S/C16H34N2O/c1-5-7-15(10-11-17)8-9-16(19)18-14(4)12-13(3)6-2/h13-15H,5-12,17H2,1-4H3,(H,18,19). The Morgan fingerprint density at radius 2 is 1.84 bits per heavy atom. The van der Waals surface area contributed by atoms with E-state index in [1.54, 1.807) is 0 Å². The van der Waals surface area contributed by atoms with Crippen LogP contribution in [0.5, 0.6) is 0 Å². The van der Waals surface area contributed by atoms with E-state index in [-0.39, 0.29) is 5.91 Å². The van der Waals surface area contributed by atoms with Crippen LogP contribution in [0.15, 0.2) is 0 Å². The van der Waals surface area contributed by atoms with E-state index >= 15 is 0 Å². The summed E-state index contributed by atoms with van der Waals surface area (Å²) in [5.41, 5.74) is 5.62. The maximum absolute atomic E-state index is 11.9. The fourth-order valence-corrected chi connectivity index (χ4v) is 2.59. The predicted octanol–water partition coefficient (Wildman–Crippen LogP) is 3.47. The molecule has 0 bridgehead atoms. The van der Waals surface area contributed by atoms with E-state index in [0.717, 1.165) is 25.8 Å². The maximum Gasteiger partial charge on any atom is 0.220 e. The first-order valence-electron chi connectivity index (χ1n) is 8.02. The molecule has 0 aliphatic rings. The summed E-state index contributed by atoms with van der Waals surface area (Å²) in [5, 5.41) is 3.11. The number of hydrogen-bond acceptors (Lipinski definition) is 2. The summed E-state index contributed by atoms with van der Waals surface area (Å²) in [6.45, 7) is 9.46. The SMILES string of the molecule is CCCC(CCN)CCC(=O)NC(C)CC(C)CC. The molecule has 0 spiro atoms. The molecule has 19 heavy (non-hydrogen) atoms. The zero-order valence-electron chi connectivity index (χ0n) is 13.4. The minimum absolute atomic E-state index is 0.203. The van der Waals surface area contributed by atoms with Crippen LogP contribution in [0.4, 0.5) is 0 Å². The van der Waals surface area contributed by atoms with Crippen LogP contribution in [-0.4, -0.2) is 18.5 Å². The van der Waals surface area contributed by atoms with Crippen LogP contribution in [0.2, 0.25) is 0 Å². The Morgan fingerprint density at radius 1 is 1.16 bits per heavy atom. The average molecular weight is 270 g/mol. The molecule has 0 aromatic heterocycles. The maximum atomic E-state index is 11.9. The van der Waals surface area contributed by atoms with Crippen molar-refractivity contribution in [1.29, 1.82) is 0 Å². The Bertz CT molecular complexity index is 225. The zero-order chi connectivity index (χ0) is 14.7. The summed E-state index contributed by atoms with van der Waals surface area (Å²) in [6.07, 6.45) is 7.29. The Balaban J connectivity index is 3.89. The van der Waals surface area contributed by atoms with E-state index in [4.69, 9.17) is 5.73 Å². The van der Waals surface area contributed by atoms with Gasteiger partial charge in [0.05, 0.1) is 0 Å². The first-order chi connectivity index (χ1) is 9.03. The molecule has 0 aromatic carbocycles. The number of nitrogens with one attached hydrogen (secondary N) is 1. The lowest BCUT2D eigenvalue weighted by molar-refractivity contribution is -0.122. The highest BCUT2D eigenvalue weighted by Crippen LogP contribution is 2.17. The quantitative estimate of drug-likeness (QED) is 0.604. The number of amides is 1. The second-order valence-corrected chi connectivity index (χ2v) is 5.99. The predicted molar refractivity (Wildman–Crippen MR) is 83.0 cm³/mol. The van der Waals surface area contributed by atoms with Crippen LogP contribution >= 0.6 is 0 Å². The zero-order valence-corrected chi connectivity index (χ0v) is 13.4. The molecular weight excluding hydrogens is 236 g/mol. The molecule has 0 aliphatic heterocycles. The highest BCUT2D eigenvalue weighted by atomic mass is 16.1. The third-order valence-electron chi connectivity index (χ3n) is 3.91. The minimum Gasteiger partial charge on any atom is -0.354 e. The summed E-state index contributed by atoms with van der Waals surface area (Å²) in [5.74, 6) is 1.50. The fraction of sp³-hybridized carbons (Fsp3) is 0.938. The van der Waals surface area contributed by atoms with Gasteiger partial charge in [0.2, 0.25) is 5.91 Å². The summed E-state index contributed by atoms with van der Waals surface area (Å²) in [4.78, 5) is 11.9. The van der Waals surface area contributed by atoms with Gasteiger partial charge in [-0.2, -0.15) is 0 Å². The molecule has 1 amide bonds. The summed E-state index contributed by atoms with van der Waals surface area (Å²) in [7, 11) is 0. The molecule has 3 nitrogen and oxygen atoms in total. The van der Waals surface area contributed by atoms with Gasteiger partial charge in [-0.3, -0.25) is 4.79 Å². The minimum atomic E-state index is 0.203. The topological polar surface area (TPSA) is 55.1 Å². The lowest BCUT2D eigenvalue weighted by Gasteiger charge is -2.19. The molecule has 0 aliphatic carbocycles. The molecule has 0 aromatic rings. The van der Waals surface area contributed by atoms with E-state index in [2.05, 4.69) is 33.0 Å². The van der Waals surface area contributed by atoms with Crippen molar-refractivity contribution < 1.29 is 4.79 Å². The molecule has 0 heterocycles. The van der Waals surface area contributed by atoms with Gasteiger partial charge in [0.1, 0.15) is 0 Å². The van der Waals surface area contributed by atoms with Gasteiger partial charge in [0.15, 0.2) is 0 Å². The second kappa shape index (κ2) is 11.3. The van der Waals surface area contributed by atoms with E-state index in [1.165, 1.54) is 19.3 Å². The Hall–Kier alpha value is -0.570. The lowest BCUT2D eigenvalue weighted by Crippen LogP contribution is -2.33. The highest BCUT2D eigenvalue weighted by Gasteiger charge is 2.13. The van der Waals surface area contributed by atoms with E-state index in [1.807, 2.05) is 0 Å². The van der Waals surface area contributed by atoms with Crippen molar-refractivity contribution in [2.45, 2.75) is 78.7 Å². The van der Waals surface area contributed by atoms with Gasteiger partial charge < -0.3 is 11.1 Å². The summed E-state index contributed by atoms with van der Waals surface area (Å²) >= 11 is 0. The van der Waals surface area contributed by atoms with Crippen LogP contribution < -0.4 is 11.1 Å². The number of rotatable bonds is 11. The molecule has 0 rings (SSSR count). The Morgan fingerprint density at radius 3 is 2.37 bits per heavy atom. The molecule has 0 fully saturated rings. The van der Waals surface area contributed by atoms with Crippen LogP contribution in [-0.2, 0) is 4.79 Å². The number of hydrogen-bond donors (Lipinski definition) is 2. The molecule has 3 N–H and O–H groups in total. The second-order valence-electron chi connectivity index (χ2n) is 5.99. The number of carbonyl (C=O) groups is 1. The molecule has 114 valence electrons. The first-order valence-corrected chi connectivity index (χ1v) is 8.02. The van der Waals surface area contributed by atoms with E-state index in [0.29, 0.717) is 24.3 Å². The fourth-order valence-electron chi connectivity index (χ4n) is 2.59. The normalized spacial score (nSPS) is 15.8. The third-order valence-corrected chi connectivity index (χ3v) is 3.91. The molecule has 0 radical (unpaired) electrons. The molecule has 3 unspecified atom stereocenters. The van der Waals surface area contributed by atoms with Gasteiger partial charge in [-0.25, -0.2) is 0 Å². The van der Waals surface area contributed by atoms with Gasteiger partial charge in [-0.05, 0) is 44.6 Å². The molecule has 0 saturated carbocycles. The highest BCUT2D eigenvalue weighted by molar-refractivity contribution is 5.76. The Kier molecular flexibility index (Phi) is 10.9.